The molecule has 2 nitrogen and oxygen atoms in total. The van der Waals surface area contributed by atoms with Gasteiger partial charge in [-0.2, -0.15) is 0 Å². The molecule has 0 atom stereocenters. The van der Waals surface area contributed by atoms with Crippen molar-refractivity contribution in [3.8, 4) is 0 Å². The standard InChI is InChI=1S/C10H14O2/c1-8(11)9-6-4-2-3-5-7-10(9)12/h6H,2-5,7H2,1H3/b9-6-. The van der Waals surface area contributed by atoms with E-state index in [0.29, 0.717) is 12.0 Å². The summed E-state index contributed by atoms with van der Waals surface area (Å²) in [6, 6.07) is 0. The molecule has 1 rings (SSSR count). The lowest BCUT2D eigenvalue weighted by Crippen LogP contribution is -2.11. The summed E-state index contributed by atoms with van der Waals surface area (Å²) in [5.74, 6) is -0.0518. The first-order valence-corrected chi connectivity index (χ1v) is 4.46. The molecular weight excluding hydrogens is 152 g/mol. The van der Waals surface area contributed by atoms with Gasteiger partial charge in [0.15, 0.2) is 11.6 Å². The minimum Gasteiger partial charge on any atom is -0.294 e. The molecule has 0 heterocycles. The molecule has 1 aliphatic rings. The van der Waals surface area contributed by atoms with Gasteiger partial charge in [0.2, 0.25) is 0 Å². The topological polar surface area (TPSA) is 34.1 Å². The van der Waals surface area contributed by atoms with Crippen LogP contribution in [0.25, 0.3) is 0 Å². The van der Waals surface area contributed by atoms with Crippen LogP contribution in [0.1, 0.15) is 39.0 Å². The van der Waals surface area contributed by atoms with E-state index in [4.69, 9.17) is 0 Å². The molecule has 66 valence electrons. The van der Waals surface area contributed by atoms with Crippen molar-refractivity contribution in [1.82, 2.24) is 0 Å². The fourth-order valence-corrected chi connectivity index (χ4v) is 1.44. The molecule has 1 aliphatic carbocycles. The Morgan fingerprint density at radius 2 is 2.08 bits per heavy atom. The Bertz CT molecular complexity index is 226. The van der Waals surface area contributed by atoms with Gasteiger partial charge in [0.05, 0.1) is 5.57 Å². The van der Waals surface area contributed by atoms with Crippen molar-refractivity contribution >= 4 is 11.6 Å². The number of rotatable bonds is 1. The Morgan fingerprint density at radius 1 is 1.33 bits per heavy atom. The third-order valence-corrected chi connectivity index (χ3v) is 2.14. The largest absolute Gasteiger partial charge is 0.294 e. The van der Waals surface area contributed by atoms with Crippen LogP contribution in [-0.2, 0) is 9.59 Å². The molecule has 0 aromatic heterocycles. The number of carbonyl (C=O) groups excluding carboxylic acids is 2. The fraction of sp³-hybridized carbons (Fsp3) is 0.600. The number of allylic oxidation sites excluding steroid dienone is 2. The molecule has 0 radical (unpaired) electrons. The van der Waals surface area contributed by atoms with Gasteiger partial charge in [-0.15, -0.1) is 0 Å². The maximum Gasteiger partial charge on any atom is 0.166 e. The lowest BCUT2D eigenvalue weighted by molar-refractivity contribution is -0.120. The Hall–Kier alpha value is -0.920. The van der Waals surface area contributed by atoms with Crippen molar-refractivity contribution in [2.45, 2.75) is 39.0 Å². The van der Waals surface area contributed by atoms with Gasteiger partial charge in [-0.25, -0.2) is 0 Å². The number of carbonyl (C=O) groups is 2. The second kappa shape index (κ2) is 4.19. The Labute approximate surface area is 72.7 Å². The highest BCUT2D eigenvalue weighted by atomic mass is 16.1. The van der Waals surface area contributed by atoms with Gasteiger partial charge in [0.25, 0.3) is 0 Å². The molecule has 0 bridgehead atoms. The van der Waals surface area contributed by atoms with E-state index in [1.807, 2.05) is 0 Å². The normalized spacial score (nSPS) is 23.8. The predicted octanol–water partition coefficient (Wildman–Crippen LogP) is 2.04. The van der Waals surface area contributed by atoms with Crippen LogP contribution < -0.4 is 0 Å². The molecule has 0 saturated carbocycles. The number of hydrogen-bond acceptors (Lipinski definition) is 2. The van der Waals surface area contributed by atoms with Gasteiger partial charge in [-0.05, 0) is 26.2 Å². The second-order valence-electron chi connectivity index (χ2n) is 3.20. The second-order valence-corrected chi connectivity index (χ2v) is 3.20. The molecule has 2 heteroatoms. The quantitative estimate of drug-likeness (QED) is 0.558. The molecule has 0 saturated heterocycles. The average Bonchev–Trinajstić information content (AvgIpc) is 1.96. The molecule has 0 amide bonds. The van der Waals surface area contributed by atoms with Crippen molar-refractivity contribution < 1.29 is 9.59 Å². The van der Waals surface area contributed by atoms with Crippen molar-refractivity contribution in [1.29, 1.82) is 0 Å². The minimum atomic E-state index is -0.0816. The van der Waals surface area contributed by atoms with Crippen LogP contribution in [0.2, 0.25) is 0 Å². The molecule has 12 heavy (non-hydrogen) atoms. The molecule has 0 aliphatic heterocycles. The Kier molecular flexibility index (Phi) is 3.20. The van der Waals surface area contributed by atoms with Crippen LogP contribution in [0.5, 0.6) is 0 Å². The molecule has 0 aromatic rings. The van der Waals surface area contributed by atoms with Crippen LogP contribution in [0.3, 0.4) is 0 Å². The monoisotopic (exact) mass is 166 g/mol. The number of Topliss-reactive ketones (excluding diaryl/α,β-unsaturated/α-hetero) is 2. The Balaban J connectivity index is 2.76. The zero-order valence-electron chi connectivity index (χ0n) is 7.43. The highest BCUT2D eigenvalue weighted by molar-refractivity contribution is 6.19. The molecule has 0 aromatic carbocycles. The lowest BCUT2D eigenvalue weighted by Gasteiger charge is -2.06. The first kappa shape index (κ1) is 9.17. The van der Waals surface area contributed by atoms with Crippen LogP contribution in [0.15, 0.2) is 11.6 Å². The van der Waals surface area contributed by atoms with E-state index < -0.39 is 0 Å². The predicted molar refractivity (Wildman–Crippen MR) is 46.9 cm³/mol. The van der Waals surface area contributed by atoms with Gasteiger partial charge in [-0.3, -0.25) is 9.59 Å². The van der Waals surface area contributed by atoms with Gasteiger partial charge in [0.1, 0.15) is 0 Å². The van der Waals surface area contributed by atoms with E-state index in [9.17, 15) is 9.59 Å². The summed E-state index contributed by atoms with van der Waals surface area (Å²) in [6.07, 6.45) is 6.36. The molecule has 0 spiro atoms. The van der Waals surface area contributed by atoms with E-state index in [1.165, 1.54) is 6.92 Å². The van der Waals surface area contributed by atoms with Crippen LogP contribution in [0.4, 0.5) is 0 Å². The first-order valence-electron chi connectivity index (χ1n) is 4.46. The summed E-state index contributed by atoms with van der Waals surface area (Å²) in [7, 11) is 0. The zero-order chi connectivity index (χ0) is 8.97. The van der Waals surface area contributed by atoms with E-state index in [1.54, 1.807) is 6.08 Å². The summed E-state index contributed by atoms with van der Waals surface area (Å²) in [5.41, 5.74) is 0.426. The van der Waals surface area contributed by atoms with Crippen molar-refractivity contribution in [2.75, 3.05) is 0 Å². The maximum absolute atomic E-state index is 11.3. The van der Waals surface area contributed by atoms with Crippen molar-refractivity contribution in [3.05, 3.63) is 11.6 Å². The fourth-order valence-electron chi connectivity index (χ4n) is 1.44. The third-order valence-electron chi connectivity index (χ3n) is 2.14. The molecule has 0 fully saturated rings. The molecule has 0 unspecified atom stereocenters. The van der Waals surface area contributed by atoms with E-state index in [-0.39, 0.29) is 11.6 Å². The summed E-state index contributed by atoms with van der Waals surface area (Å²) in [6.45, 7) is 1.46. The minimum absolute atomic E-state index is 0.0298. The zero-order valence-corrected chi connectivity index (χ0v) is 7.43. The summed E-state index contributed by atoms with van der Waals surface area (Å²) >= 11 is 0. The van der Waals surface area contributed by atoms with Gasteiger partial charge in [-0.1, -0.05) is 12.5 Å². The van der Waals surface area contributed by atoms with Crippen LogP contribution in [-0.4, -0.2) is 11.6 Å². The van der Waals surface area contributed by atoms with Crippen molar-refractivity contribution in [2.24, 2.45) is 0 Å². The van der Waals surface area contributed by atoms with Crippen LogP contribution in [0, 0.1) is 0 Å². The van der Waals surface area contributed by atoms with E-state index in [2.05, 4.69) is 0 Å². The Morgan fingerprint density at radius 3 is 2.75 bits per heavy atom. The van der Waals surface area contributed by atoms with Gasteiger partial charge >= 0.3 is 0 Å². The van der Waals surface area contributed by atoms with Gasteiger partial charge < -0.3 is 0 Å². The number of ketones is 2. The summed E-state index contributed by atoms with van der Waals surface area (Å²) < 4.78 is 0. The smallest absolute Gasteiger partial charge is 0.166 e. The summed E-state index contributed by atoms with van der Waals surface area (Å²) in [5, 5.41) is 0. The van der Waals surface area contributed by atoms with Crippen LogP contribution >= 0.6 is 0 Å². The molecular formula is C10H14O2. The van der Waals surface area contributed by atoms with Gasteiger partial charge in [0, 0.05) is 6.42 Å². The highest BCUT2D eigenvalue weighted by Gasteiger charge is 2.14. The maximum atomic E-state index is 11.3. The summed E-state index contributed by atoms with van der Waals surface area (Å²) in [4.78, 5) is 22.3. The SMILES string of the molecule is CC(=O)/C1=C/CCCCCC1=O. The van der Waals surface area contributed by atoms with Crippen molar-refractivity contribution in [3.63, 3.8) is 0 Å². The third kappa shape index (κ3) is 2.29. The first-order chi connectivity index (χ1) is 5.72. The molecule has 0 N–H and O–H groups in total. The van der Waals surface area contributed by atoms with E-state index >= 15 is 0 Å². The number of hydrogen-bond donors (Lipinski definition) is 0. The van der Waals surface area contributed by atoms with E-state index in [0.717, 1.165) is 25.7 Å². The highest BCUT2D eigenvalue weighted by Crippen LogP contribution is 2.14. The average molecular weight is 166 g/mol. The lowest BCUT2D eigenvalue weighted by atomic mass is 9.97.